The third kappa shape index (κ3) is 4.65. The average Bonchev–Trinajstić information content (AvgIpc) is 3.06. The molecule has 32 heavy (non-hydrogen) atoms. The third-order valence-electron chi connectivity index (χ3n) is 6.15. The van der Waals surface area contributed by atoms with Gasteiger partial charge in [-0.15, -0.1) is 0 Å². The lowest BCUT2D eigenvalue weighted by Gasteiger charge is -2.37. The molecule has 3 aromatic rings. The predicted octanol–water partition coefficient (Wildman–Crippen LogP) is 6.34. The molecule has 0 bridgehead atoms. The number of fused-ring (bicyclic) bond motifs is 1. The lowest BCUT2D eigenvalue weighted by Crippen LogP contribution is -2.49. The SMILES string of the molecule is CC(C)Cc1oc2ccccc2c1C(C)c1c(F)cc(OCCN2CC(CF)C2)cc1F. The van der Waals surface area contributed by atoms with Crippen molar-refractivity contribution in [3.05, 3.63) is 64.9 Å². The van der Waals surface area contributed by atoms with E-state index in [4.69, 9.17) is 9.15 Å². The van der Waals surface area contributed by atoms with Crippen LogP contribution in [0.1, 0.15) is 43.6 Å². The quantitative estimate of drug-likeness (QED) is 0.384. The zero-order chi connectivity index (χ0) is 22.8. The number of ether oxygens (including phenoxy) is 1. The molecule has 2 aromatic carbocycles. The summed E-state index contributed by atoms with van der Waals surface area (Å²) in [5.74, 6) is -0.389. The molecule has 1 aromatic heterocycles. The second-order valence-corrected chi connectivity index (χ2v) is 9.18. The summed E-state index contributed by atoms with van der Waals surface area (Å²) in [4.78, 5) is 2.06. The molecule has 1 saturated heterocycles. The molecule has 6 heteroatoms. The van der Waals surface area contributed by atoms with Crippen LogP contribution in [0.15, 0.2) is 40.8 Å². The summed E-state index contributed by atoms with van der Waals surface area (Å²) >= 11 is 0. The van der Waals surface area contributed by atoms with Crippen molar-refractivity contribution in [1.29, 1.82) is 0 Å². The second-order valence-electron chi connectivity index (χ2n) is 9.18. The molecule has 0 amide bonds. The molecular formula is C26H30F3NO2. The molecule has 4 rings (SSSR count). The molecule has 0 radical (unpaired) electrons. The molecular weight excluding hydrogens is 415 g/mol. The number of likely N-dealkylation sites (tertiary alicyclic amines) is 1. The van der Waals surface area contributed by atoms with Crippen molar-refractivity contribution in [3.63, 3.8) is 0 Å². The molecule has 2 heterocycles. The topological polar surface area (TPSA) is 25.6 Å². The summed E-state index contributed by atoms with van der Waals surface area (Å²) in [6.45, 7) is 8.01. The van der Waals surface area contributed by atoms with Crippen molar-refractivity contribution in [2.75, 3.05) is 32.9 Å². The van der Waals surface area contributed by atoms with Crippen LogP contribution in [-0.4, -0.2) is 37.8 Å². The Balaban J connectivity index is 1.55. The van der Waals surface area contributed by atoms with Crippen molar-refractivity contribution < 1.29 is 22.3 Å². The first-order valence-corrected chi connectivity index (χ1v) is 11.3. The van der Waals surface area contributed by atoms with E-state index in [1.54, 1.807) is 0 Å². The van der Waals surface area contributed by atoms with E-state index in [9.17, 15) is 4.39 Å². The fraction of sp³-hybridized carbons (Fsp3) is 0.462. The molecule has 1 atom stereocenters. The van der Waals surface area contributed by atoms with Gasteiger partial charge in [0.05, 0.1) is 6.67 Å². The van der Waals surface area contributed by atoms with Crippen LogP contribution in [0.4, 0.5) is 13.2 Å². The highest BCUT2D eigenvalue weighted by molar-refractivity contribution is 5.83. The van der Waals surface area contributed by atoms with E-state index in [2.05, 4.69) is 18.7 Å². The molecule has 0 aliphatic carbocycles. The molecule has 1 fully saturated rings. The third-order valence-corrected chi connectivity index (χ3v) is 6.15. The zero-order valence-corrected chi connectivity index (χ0v) is 18.8. The van der Waals surface area contributed by atoms with E-state index >= 15 is 8.78 Å². The van der Waals surface area contributed by atoms with Gasteiger partial charge < -0.3 is 9.15 Å². The minimum Gasteiger partial charge on any atom is -0.492 e. The number of halogens is 3. The van der Waals surface area contributed by atoms with Crippen molar-refractivity contribution in [1.82, 2.24) is 4.90 Å². The van der Waals surface area contributed by atoms with Crippen LogP contribution in [0.25, 0.3) is 11.0 Å². The van der Waals surface area contributed by atoms with Gasteiger partial charge in [-0.25, -0.2) is 8.78 Å². The predicted molar refractivity (Wildman–Crippen MR) is 120 cm³/mol. The van der Waals surface area contributed by atoms with Gasteiger partial charge >= 0.3 is 0 Å². The number of alkyl halides is 1. The molecule has 172 valence electrons. The first kappa shape index (κ1) is 22.7. The Morgan fingerprint density at radius 1 is 1.06 bits per heavy atom. The first-order chi connectivity index (χ1) is 15.4. The monoisotopic (exact) mass is 445 g/mol. The molecule has 0 saturated carbocycles. The Bertz CT molecular complexity index is 1050. The highest BCUT2D eigenvalue weighted by Gasteiger charge is 2.27. The number of benzene rings is 2. The van der Waals surface area contributed by atoms with Gasteiger partial charge in [-0.2, -0.15) is 0 Å². The fourth-order valence-electron chi connectivity index (χ4n) is 4.57. The van der Waals surface area contributed by atoms with Crippen LogP contribution in [0.2, 0.25) is 0 Å². The van der Waals surface area contributed by atoms with E-state index < -0.39 is 17.6 Å². The van der Waals surface area contributed by atoms with Crippen LogP contribution in [0.3, 0.4) is 0 Å². The van der Waals surface area contributed by atoms with Gasteiger partial charge in [0, 0.05) is 66.5 Å². The summed E-state index contributed by atoms with van der Waals surface area (Å²) in [5, 5.41) is 0.885. The number of nitrogens with zero attached hydrogens (tertiary/aromatic N) is 1. The summed E-state index contributed by atoms with van der Waals surface area (Å²) < 4.78 is 54.4. The Kier molecular flexibility index (Phi) is 6.79. The fourth-order valence-corrected chi connectivity index (χ4v) is 4.57. The number of hydrogen-bond acceptors (Lipinski definition) is 3. The van der Waals surface area contributed by atoms with Crippen molar-refractivity contribution in [3.8, 4) is 5.75 Å². The van der Waals surface area contributed by atoms with Gasteiger partial charge in [-0.3, -0.25) is 9.29 Å². The van der Waals surface area contributed by atoms with Crippen LogP contribution in [-0.2, 0) is 6.42 Å². The highest BCUT2D eigenvalue weighted by atomic mass is 19.1. The maximum absolute atomic E-state index is 15.1. The Morgan fingerprint density at radius 2 is 1.75 bits per heavy atom. The van der Waals surface area contributed by atoms with Crippen LogP contribution in [0, 0.1) is 23.5 Å². The number of para-hydroxylation sites is 1. The van der Waals surface area contributed by atoms with Crippen molar-refractivity contribution >= 4 is 11.0 Å². The zero-order valence-electron chi connectivity index (χ0n) is 18.8. The summed E-state index contributed by atoms with van der Waals surface area (Å²) in [6, 6.07) is 10.1. The van der Waals surface area contributed by atoms with Gasteiger partial charge in [0.25, 0.3) is 0 Å². The van der Waals surface area contributed by atoms with Gasteiger partial charge in [0.2, 0.25) is 0 Å². The second kappa shape index (κ2) is 9.57. The van der Waals surface area contributed by atoms with Crippen LogP contribution >= 0.6 is 0 Å². The van der Waals surface area contributed by atoms with E-state index in [-0.39, 0.29) is 23.9 Å². The molecule has 0 N–H and O–H groups in total. The minimum absolute atomic E-state index is 0.0161. The maximum Gasteiger partial charge on any atom is 0.134 e. The lowest BCUT2D eigenvalue weighted by atomic mass is 9.88. The van der Waals surface area contributed by atoms with Gasteiger partial charge in [0.15, 0.2) is 0 Å². The number of rotatable bonds is 9. The Morgan fingerprint density at radius 3 is 2.41 bits per heavy atom. The van der Waals surface area contributed by atoms with Crippen LogP contribution in [0.5, 0.6) is 5.75 Å². The van der Waals surface area contributed by atoms with Crippen molar-refractivity contribution in [2.24, 2.45) is 11.8 Å². The van der Waals surface area contributed by atoms with E-state index in [1.165, 1.54) is 12.1 Å². The maximum atomic E-state index is 15.1. The molecule has 1 unspecified atom stereocenters. The van der Waals surface area contributed by atoms with E-state index in [0.29, 0.717) is 38.6 Å². The van der Waals surface area contributed by atoms with Crippen LogP contribution < -0.4 is 4.74 Å². The Labute approximate surface area is 187 Å². The lowest BCUT2D eigenvalue weighted by molar-refractivity contribution is 0.0667. The summed E-state index contributed by atoms with van der Waals surface area (Å²) in [7, 11) is 0. The molecule has 1 aliphatic rings. The number of furan rings is 1. The van der Waals surface area contributed by atoms with Gasteiger partial charge in [-0.05, 0) is 12.0 Å². The molecule has 1 aliphatic heterocycles. The highest BCUT2D eigenvalue weighted by Crippen LogP contribution is 2.39. The number of hydrogen-bond donors (Lipinski definition) is 0. The molecule has 3 nitrogen and oxygen atoms in total. The molecule has 0 spiro atoms. The smallest absolute Gasteiger partial charge is 0.134 e. The normalized spacial score (nSPS) is 16.0. The van der Waals surface area contributed by atoms with Crippen molar-refractivity contribution in [2.45, 2.75) is 33.1 Å². The Hall–Kier alpha value is -2.47. The first-order valence-electron chi connectivity index (χ1n) is 11.3. The summed E-state index contributed by atoms with van der Waals surface area (Å²) in [6.07, 6.45) is 0.693. The standard InChI is InChI=1S/C26H30F3NO2/c1-16(2)10-24-25(20-6-4-5-7-23(20)32-24)17(3)26-21(28)11-19(12-22(26)29)31-9-8-30-14-18(13-27)15-30/h4-7,11-12,16-18H,8-10,13-15H2,1-3H3. The van der Waals surface area contributed by atoms with E-state index in [1.807, 2.05) is 31.2 Å². The van der Waals surface area contributed by atoms with E-state index in [0.717, 1.165) is 22.3 Å². The van der Waals surface area contributed by atoms with Gasteiger partial charge in [0.1, 0.15) is 35.3 Å². The van der Waals surface area contributed by atoms with Gasteiger partial charge in [-0.1, -0.05) is 39.0 Å². The summed E-state index contributed by atoms with van der Waals surface area (Å²) in [5.41, 5.74) is 1.58. The minimum atomic E-state index is -0.630. The largest absolute Gasteiger partial charge is 0.492 e. The average molecular weight is 446 g/mol.